The van der Waals surface area contributed by atoms with Gasteiger partial charge in [0.2, 0.25) is 20.0 Å². The van der Waals surface area contributed by atoms with Gasteiger partial charge in [0.05, 0.1) is 11.2 Å². The summed E-state index contributed by atoms with van der Waals surface area (Å²) in [5.41, 5.74) is 2.01. The van der Waals surface area contributed by atoms with Crippen LogP contribution < -0.4 is 4.90 Å². The number of piperazine rings is 1. The number of benzene rings is 2. The summed E-state index contributed by atoms with van der Waals surface area (Å²) in [6.45, 7) is 8.98. The van der Waals surface area contributed by atoms with Crippen molar-refractivity contribution in [1.82, 2.24) is 8.61 Å². The fourth-order valence-electron chi connectivity index (χ4n) is 4.13. The van der Waals surface area contributed by atoms with E-state index in [-0.39, 0.29) is 16.7 Å². The second-order valence-electron chi connectivity index (χ2n) is 9.17. The first kappa shape index (κ1) is 25.7. The lowest BCUT2D eigenvalue weighted by molar-refractivity contribution is 0.352. The van der Waals surface area contributed by atoms with Gasteiger partial charge in [-0.25, -0.2) is 16.8 Å². The van der Waals surface area contributed by atoms with Crippen molar-refractivity contribution in [2.75, 3.05) is 50.4 Å². The van der Waals surface area contributed by atoms with E-state index >= 15 is 0 Å². The van der Waals surface area contributed by atoms with Crippen LogP contribution in [0.5, 0.6) is 0 Å². The molecule has 0 amide bonds. The van der Waals surface area contributed by atoms with Crippen LogP contribution in [0.2, 0.25) is 0 Å². The van der Waals surface area contributed by atoms with Gasteiger partial charge in [-0.15, -0.1) is 0 Å². The number of rotatable bonds is 9. The van der Waals surface area contributed by atoms with Crippen molar-refractivity contribution in [3.05, 3.63) is 60.2 Å². The lowest BCUT2D eigenvalue weighted by Gasteiger charge is -2.34. The molecule has 3 rings (SSSR count). The zero-order chi connectivity index (χ0) is 24.2. The van der Waals surface area contributed by atoms with E-state index in [4.69, 9.17) is 0 Å². The van der Waals surface area contributed by atoms with Gasteiger partial charge in [0.25, 0.3) is 0 Å². The van der Waals surface area contributed by atoms with Crippen LogP contribution in [-0.4, -0.2) is 71.0 Å². The summed E-state index contributed by atoms with van der Waals surface area (Å²) in [5.74, 6) is 0.276. The molecule has 1 heterocycles. The topological polar surface area (TPSA) is 78.0 Å². The molecule has 7 nitrogen and oxygen atoms in total. The first-order valence-electron chi connectivity index (χ1n) is 11.3. The SMILES string of the molecule is CC(C)CN(C[C@@H](C)c1ccccc1)S(=O)(=O)c1ccc(N2CCN(S(C)(=O)=O)CC2)cc1. The fourth-order valence-corrected chi connectivity index (χ4v) is 6.65. The number of sulfonamides is 2. The molecule has 1 atom stereocenters. The third-order valence-corrected chi connectivity index (χ3v) is 9.11. The lowest BCUT2D eigenvalue weighted by Crippen LogP contribution is -2.48. The highest BCUT2D eigenvalue weighted by Gasteiger charge is 2.28. The van der Waals surface area contributed by atoms with Crippen molar-refractivity contribution >= 4 is 25.7 Å². The van der Waals surface area contributed by atoms with Crippen molar-refractivity contribution < 1.29 is 16.8 Å². The average molecular weight is 494 g/mol. The van der Waals surface area contributed by atoms with Gasteiger partial charge < -0.3 is 4.90 Å². The third-order valence-electron chi connectivity index (χ3n) is 5.96. The molecular weight excluding hydrogens is 458 g/mol. The van der Waals surface area contributed by atoms with Crippen molar-refractivity contribution in [3.63, 3.8) is 0 Å². The molecule has 0 aliphatic carbocycles. The van der Waals surface area contributed by atoms with E-state index in [1.54, 1.807) is 16.4 Å². The molecule has 9 heteroatoms. The van der Waals surface area contributed by atoms with E-state index in [9.17, 15) is 16.8 Å². The van der Waals surface area contributed by atoms with Crippen LogP contribution in [0, 0.1) is 5.92 Å². The van der Waals surface area contributed by atoms with E-state index in [0.717, 1.165) is 11.3 Å². The minimum atomic E-state index is -3.65. The summed E-state index contributed by atoms with van der Waals surface area (Å²) in [6.07, 6.45) is 1.23. The molecule has 33 heavy (non-hydrogen) atoms. The van der Waals surface area contributed by atoms with E-state index < -0.39 is 20.0 Å². The Labute approximate surface area is 199 Å². The number of nitrogens with zero attached hydrogens (tertiary/aromatic N) is 3. The summed E-state index contributed by atoms with van der Waals surface area (Å²) in [5, 5.41) is 0. The quantitative estimate of drug-likeness (QED) is 0.536. The van der Waals surface area contributed by atoms with Crippen LogP contribution in [0.15, 0.2) is 59.5 Å². The van der Waals surface area contributed by atoms with E-state index in [2.05, 4.69) is 11.8 Å². The molecule has 0 unspecified atom stereocenters. The minimum absolute atomic E-state index is 0.0742. The Morgan fingerprint density at radius 1 is 0.818 bits per heavy atom. The standard InChI is InChI=1S/C24H35N3O4S2/c1-20(2)18-27(19-21(3)22-8-6-5-7-9-22)33(30,31)24-12-10-23(11-13-24)25-14-16-26(17-15-25)32(4,28)29/h5-13,20-21H,14-19H2,1-4H3/t21-/m1/s1. The van der Waals surface area contributed by atoms with Crippen LogP contribution in [0.1, 0.15) is 32.3 Å². The fraction of sp³-hybridized carbons (Fsp3) is 0.500. The van der Waals surface area contributed by atoms with Gasteiger partial charge in [0.15, 0.2) is 0 Å². The maximum Gasteiger partial charge on any atom is 0.243 e. The van der Waals surface area contributed by atoms with Crippen molar-refractivity contribution in [2.45, 2.75) is 31.6 Å². The monoisotopic (exact) mass is 493 g/mol. The average Bonchev–Trinajstić information content (AvgIpc) is 2.78. The van der Waals surface area contributed by atoms with Crippen molar-refractivity contribution in [2.24, 2.45) is 5.92 Å². The van der Waals surface area contributed by atoms with Gasteiger partial charge in [0.1, 0.15) is 0 Å². The van der Waals surface area contributed by atoms with Crippen molar-refractivity contribution in [1.29, 1.82) is 0 Å². The Morgan fingerprint density at radius 3 is 1.91 bits per heavy atom. The van der Waals surface area contributed by atoms with Crippen LogP contribution in [0.4, 0.5) is 5.69 Å². The van der Waals surface area contributed by atoms with Gasteiger partial charge in [0, 0.05) is 45.0 Å². The molecule has 0 spiro atoms. The molecule has 182 valence electrons. The molecule has 1 aliphatic heterocycles. The normalized spacial score (nSPS) is 17.0. The largest absolute Gasteiger partial charge is 0.369 e. The van der Waals surface area contributed by atoms with Gasteiger partial charge in [-0.2, -0.15) is 8.61 Å². The second kappa shape index (κ2) is 10.5. The van der Waals surface area contributed by atoms with Gasteiger partial charge >= 0.3 is 0 Å². The van der Waals surface area contributed by atoms with Crippen LogP contribution in [0.3, 0.4) is 0 Å². The Morgan fingerprint density at radius 2 is 1.39 bits per heavy atom. The molecule has 0 saturated carbocycles. The summed E-state index contributed by atoms with van der Waals surface area (Å²) in [6, 6.07) is 16.9. The van der Waals surface area contributed by atoms with Crippen molar-refractivity contribution in [3.8, 4) is 0 Å². The number of anilines is 1. The first-order valence-corrected chi connectivity index (χ1v) is 14.6. The highest BCUT2D eigenvalue weighted by molar-refractivity contribution is 7.89. The molecule has 0 aromatic heterocycles. The molecule has 2 aromatic rings. The highest BCUT2D eigenvalue weighted by Crippen LogP contribution is 2.25. The van der Waals surface area contributed by atoms with Crippen LogP contribution in [-0.2, 0) is 20.0 Å². The lowest BCUT2D eigenvalue weighted by atomic mass is 10.0. The zero-order valence-electron chi connectivity index (χ0n) is 19.9. The highest BCUT2D eigenvalue weighted by atomic mass is 32.2. The Balaban J connectivity index is 1.75. The van der Waals surface area contributed by atoms with Gasteiger partial charge in [-0.05, 0) is 41.7 Å². The summed E-state index contributed by atoms with van der Waals surface area (Å²) in [4.78, 5) is 2.36. The maximum atomic E-state index is 13.5. The minimum Gasteiger partial charge on any atom is -0.369 e. The molecule has 1 saturated heterocycles. The first-order chi connectivity index (χ1) is 15.5. The number of hydrogen-bond acceptors (Lipinski definition) is 5. The van der Waals surface area contributed by atoms with Crippen LogP contribution in [0.25, 0.3) is 0 Å². The molecule has 2 aromatic carbocycles. The molecule has 0 radical (unpaired) electrons. The molecule has 0 N–H and O–H groups in total. The summed E-state index contributed by atoms with van der Waals surface area (Å²) in [7, 11) is -6.83. The predicted octanol–water partition coefficient (Wildman–Crippen LogP) is 3.22. The second-order valence-corrected chi connectivity index (χ2v) is 13.1. The molecule has 1 aliphatic rings. The smallest absolute Gasteiger partial charge is 0.243 e. The van der Waals surface area contributed by atoms with E-state index in [1.807, 2.05) is 56.3 Å². The summed E-state index contributed by atoms with van der Waals surface area (Å²) < 4.78 is 53.5. The third kappa shape index (κ3) is 6.56. The Bertz CT molecular complexity index is 1110. The van der Waals surface area contributed by atoms with Gasteiger partial charge in [-0.1, -0.05) is 51.1 Å². The molecule has 1 fully saturated rings. The number of hydrogen-bond donors (Lipinski definition) is 0. The maximum absolute atomic E-state index is 13.5. The Kier molecular flexibility index (Phi) is 8.21. The zero-order valence-corrected chi connectivity index (χ0v) is 21.5. The predicted molar refractivity (Wildman–Crippen MR) is 134 cm³/mol. The molecule has 0 bridgehead atoms. The van der Waals surface area contributed by atoms with E-state index in [0.29, 0.717) is 39.3 Å². The van der Waals surface area contributed by atoms with Gasteiger partial charge in [-0.3, -0.25) is 0 Å². The Hall–Kier alpha value is -1.94. The summed E-state index contributed by atoms with van der Waals surface area (Å²) >= 11 is 0. The molecular formula is C24H35N3O4S2. The van der Waals surface area contributed by atoms with Crippen LogP contribution >= 0.6 is 0 Å². The van der Waals surface area contributed by atoms with E-state index in [1.165, 1.54) is 10.6 Å².